The minimum atomic E-state index is -0.242. The second kappa shape index (κ2) is 6.82. The van der Waals surface area contributed by atoms with E-state index in [1.54, 1.807) is 30.4 Å². The van der Waals surface area contributed by atoms with Gasteiger partial charge >= 0.3 is 0 Å². The summed E-state index contributed by atoms with van der Waals surface area (Å²) in [5.41, 5.74) is 0.577. The van der Waals surface area contributed by atoms with E-state index in [0.717, 1.165) is 9.75 Å². The smallest absolute Gasteiger partial charge is 0.244 e. The van der Waals surface area contributed by atoms with E-state index in [1.807, 2.05) is 12.1 Å². The predicted molar refractivity (Wildman–Crippen MR) is 82.0 cm³/mol. The van der Waals surface area contributed by atoms with Crippen molar-refractivity contribution in [3.05, 3.63) is 65.8 Å². The van der Waals surface area contributed by atoms with Gasteiger partial charge in [-0.15, -0.1) is 17.9 Å². The van der Waals surface area contributed by atoms with Crippen molar-refractivity contribution in [2.24, 2.45) is 0 Å². The van der Waals surface area contributed by atoms with Crippen LogP contribution >= 0.6 is 11.3 Å². The van der Waals surface area contributed by atoms with Crippen LogP contribution in [-0.4, -0.2) is 12.5 Å². The summed E-state index contributed by atoms with van der Waals surface area (Å²) in [5, 5.41) is 2.65. The Morgan fingerprint density at radius 3 is 2.85 bits per heavy atom. The van der Waals surface area contributed by atoms with Crippen LogP contribution in [0.1, 0.15) is 4.88 Å². The first-order valence-electron chi connectivity index (χ1n) is 6.12. The fraction of sp³-hybridized carbons (Fsp3) is 0.0625. The molecule has 0 spiro atoms. The highest BCUT2D eigenvalue weighted by atomic mass is 32.1. The van der Waals surface area contributed by atoms with Crippen molar-refractivity contribution in [2.75, 3.05) is 6.54 Å². The molecule has 1 aromatic carbocycles. The summed E-state index contributed by atoms with van der Waals surface area (Å²) >= 11 is 1.44. The van der Waals surface area contributed by atoms with E-state index in [4.69, 9.17) is 0 Å². The molecule has 0 fully saturated rings. The number of amides is 1. The summed E-state index contributed by atoms with van der Waals surface area (Å²) in [5.74, 6) is -0.417. The molecule has 0 aliphatic rings. The second-order valence-electron chi connectivity index (χ2n) is 4.05. The highest BCUT2D eigenvalue weighted by molar-refractivity contribution is 7.16. The minimum absolute atomic E-state index is 0.175. The van der Waals surface area contributed by atoms with Crippen LogP contribution in [0.2, 0.25) is 0 Å². The van der Waals surface area contributed by atoms with Crippen LogP contribution in [0.15, 0.2) is 55.1 Å². The summed E-state index contributed by atoms with van der Waals surface area (Å²) in [7, 11) is 0. The van der Waals surface area contributed by atoms with E-state index in [1.165, 1.54) is 23.5 Å². The largest absolute Gasteiger partial charge is 0.349 e. The van der Waals surface area contributed by atoms with Gasteiger partial charge < -0.3 is 5.32 Å². The highest BCUT2D eigenvalue weighted by Gasteiger charge is 2.06. The van der Waals surface area contributed by atoms with Crippen molar-refractivity contribution in [1.29, 1.82) is 0 Å². The lowest BCUT2D eigenvalue weighted by Gasteiger charge is -1.98. The fourth-order valence-corrected chi connectivity index (χ4v) is 2.58. The van der Waals surface area contributed by atoms with Gasteiger partial charge in [-0.3, -0.25) is 4.79 Å². The summed E-state index contributed by atoms with van der Waals surface area (Å²) in [6, 6.07) is 10.4. The Morgan fingerprint density at radius 2 is 2.10 bits per heavy atom. The van der Waals surface area contributed by atoms with Crippen molar-refractivity contribution in [3.63, 3.8) is 0 Å². The van der Waals surface area contributed by atoms with Crippen LogP contribution in [0, 0.1) is 5.82 Å². The summed E-state index contributed by atoms with van der Waals surface area (Å²) in [6.45, 7) is 3.96. The van der Waals surface area contributed by atoms with Crippen molar-refractivity contribution in [1.82, 2.24) is 5.32 Å². The number of carbonyl (C=O) groups is 1. The average molecular weight is 287 g/mol. The standard InChI is InChI=1S/C16H14FNOS/c1-2-11-18-16(19)10-8-12-7-9-15(20-12)13-5-3-4-6-14(13)17/h2-10H,1,11H2,(H,18,19). The molecule has 1 aromatic heterocycles. The Morgan fingerprint density at radius 1 is 1.30 bits per heavy atom. The molecule has 1 heterocycles. The van der Waals surface area contributed by atoms with Gasteiger partial charge in [0.1, 0.15) is 5.82 Å². The molecular weight excluding hydrogens is 273 g/mol. The molecule has 0 saturated heterocycles. The van der Waals surface area contributed by atoms with E-state index < -0.39 is 0 Å². The van der Waals surface area contributed by atoms with Gasteiger partial charge in [0.25, 0.3) is 0 Å². The highest BCUT2D eigenvalue weighted by Crippen LogP contribution is 2.30. The number of thiophene rings is 1. The van der Waals surface area contributed by atoms with Crippen molar-refractivity contribution in [3.8, 4) is 10.4 Å². The summed E-state index contributed by atoms with van der Waals surface area (Å²) < 4.78 is 13.7. The number of halogens is 1. The van der Waals surface area contributed by atoms with E-state index in [9.17, 15) is 9.18 Å². The monoisotopic (exact) mass is 287 g/mol. The van der Waals surface area contributed by atoms with Crippen LogP contribution in [0.3, 0.4) is 0 Å². The maximum Gasteiger partial charge on any atom is 0.244 e. The van der Waals surface area contributed by atoms with Gasteiger partial charge in [0, 0.05) is 27.9 Å². The lowest BCUT2D eigenvalue weighted by Crippen LogP contribution is -2.20. The lowest BCUT2D eigenvalue weighted by molar-refractivity contribution is -0.116. The SMILES string of the molecule is C=CCNC(=O)C=Cc1ccc(-c2ccccc2F)s1. The molecule has 0 aliphatic carbocycles. The molecule has 1 amide bonds. The maximum absolute atomic E-state index is 13.7. The molecular formula is C16H14FNOS. The third-order valence-corrected chi connectivity index (χ3v) is 3.67. The zero-order chi connectivity index (χ0) is 14.4. The molecule has 2 aromatic rings. The van der Waals surface area contributed by atoms with Crippen LogP contribution < -0.4 is 5.32 Å². The van der Waals surface area contributed by atoms with Gasteiger partial charge in [-0.25, -0.2) is 4.39 Å². The molecule has 0 aliphatic heterocycles. The first-order valence-corrected chi connectivity index (χ1v) is 6.94. The van der Waals surface area contributed by atoms with Crippen molar-refractivity contribution < 1.29 is 9.18 Å². The molecule has 0 bridgehead atoms. The number of hydrogen-bond acceptors (Lipinski definition) is 2. The summed E-state index contributed by atoms with van der Waals surface area (Å²) in [4.78, 5) is 13.1. The van der Waals surface area contributed by atoms with Crippen molar-refractivity contribution >= 4 is 23.3 Å². The molecule has 2 rings (SSSR count). The van der Waals surface area contributed by atoms with E-state index in [-0.39, 0.29) is 11.7 Å². The van der Waals surface area contributed by atoms with Gasteiger partial charge in [0.05, 0.1) is 0 Å². The zero-order valence-electron chi connectivity index (χ0n) is 10.8. The van der Waals surface area contributed by atoms with E-state index in [0.29, 0.717) is 12.1 Å². The van der Waals surface area contributed by atoms with Gasteiger partial charge in [-0.05, 0) is 24.3 Å². The van der Waals surface area contributed by atoms with E-state index in [2.05, 4.69) is 11.9 Å². The Balaban J connectivity index is 2.10. The van der Waals surface area contributed by atoms with Crippen LogP contribution in [-0.2, 0) is 4.79 Å². The second-order valence-corrected chi connectivity index (χ2v) is 5.16. The zero-order valence-corrected chi connectivity index (χ0v) is 11.6. The molecule has 2 nitrogen and oxygen atoms in total. The topological polar surface area (TPSA) is 29.1 Å². The normalized spacial score (nSPS) is 10.7. The number of benzene rings is 1. The van der Waals surface area contributed by atoms with Crippen LogP contribution in [0.5, 0.6) is 0 Å². The molecule has 20 heavy (non-hydrogen) atoms. The number of hydrogen-bond donors (Lipinski definition) is 1. The average Bonchev–Trinajstić information content (AvgIpc) is 2.92. The first-order chi connectivity index (χ1) is 9.70. The third-order valence-electron chi connectivity index (χ3n) is 2.59. The number of carbonyl (C=O) groups excluding carboxylic acids is 1. The third kappa shape index (κ3) is 3.65. The molecule has 1 N–H and O–H groups in total. The Kier molecular flexibility index (Phi) is 4.85. The maximum atomic E-state index is 13.7. The Labute approximate surface area is 121 Å². The predicted octanol–water partition coefficient (Wildman–Crippen LogP) is 3.87. The van der Waals surface area contributed by atoms with Crippen LogP contribution in [0.25, 0.3) is 16.5 Å². The minimum Gasteiger partial charge on any atom is -0.349 e. The first kappa shape index (κ1) is 14.2. The quantitative estimate of drug-likeness (QED) is 0.656. The Hall–Kier alpha value is -2.20. The van der Waals surface area contributed by atoms with Gasteiger partial charge in [0.2, 0.25) is 5.91 Å². The Bertz CT molecular complexity index is 645. The molecule has 102 valence electrons. The van der Waals surface area contributed by atoms with E-state index >= 15 is 0 Å². The van der Waals surface area contributed by atoms with Gasteiger partial charge in [0.15, 0.2) is 0 Å². The van der Waals surface area contributed by atoms with Gasteiger partial charge in [-0.1, -0.05) is 24.3 Å². The number of rotatable bonds is 5. The number of nitrogens with one attached hydrogen (secondary N) is 1. The fourth-order valence-electron chi connectivity index (χ4n) is 1.64. The van der Waals surface area contributed by atoms with Gasteiger partial charge in [-0.2, -0.15) is 0 Å². The molecule has 0 unspecified atom stereocenters. The molecule has 0 radical (unpaired) electrons. The van der Waals surface area contributed by atoms with Crippen LogP contribution in [0.4, 0.5) is 4.39 Å². The van der Waals surface area contributed by atoms with Crippen molar-refractivity contribution in [2.45, 2.75) is 0 Å². The lowest BCUT2D eigenvalue weighted by atomic mass is 10.2. The molecule has 0 atom stereocenters. The molecule has 4 heteroatoms. The molecule has 0 saturated carbocycles. The summed E-state index contributed by atoms with van der Waals surface area (Å²) in [6.07, 6.45) is 4.79.